The van der Waals surface area contributed by atoms with E-state index in [-0.39, 0.29) is 11.7 Å². The Kier molecular flexibility index (Phi) is 5.84. The molecule has 2 heterocycles. The topological polar surface area (TPSA) is 105 Å². The summed E-state index contributed by atoms with van der Waals surface area (Å²) in [5.41, 5.74) is 3.23. The van der Waals surface area contributed by atoms with Gasteiger partial charge in [-0.25, -0.2) is 19.6 Å². The van der Waals surface area contributed by atoms with Gasteiger partial charge >= 0.3 is 11.7 Å². The molecule has 0 spiro atoms. The number of nitrogens with one attached hydrogen (secondary N) is 3. The predicted molar refractivity (Wildman–Crippen MR) is 115 cm³/mol. The van der Waals surface area contributed by atoms with Crippen LogP contribution in [0.3, 0.4) is 0 Å². The van der Waals surface area contributed by atoms with E-state index < -0.39 is 0 Å². The van der Waals surface area contributed by atoms with Crippen molar-refractivity contribution in [3.05, 3.63) is 88.9 Å². The van der Waals surface area contributed by atoms with Crippen molar-refractivity contribution < 1.29 is 4.79 Å². The van der Waals surface area contributed by atoms with Crippen LogP contribution in [0, 0.1) is 0 Å². The van der Waals surface area contributed by atoms with Gasteiger partial charge in [0.25, 0.3) is 0 Å². The summed E-state index contributed by atoms with van der Waals surface area (Å²) in [5, 5.41) is 5.68. The number of anilines is 1. The maximum absolute atomic E-state index is 12.2. The Balaban J connectivity index is 1.25. The molecule has 0 saturated heterocycles. The normalized spacial score (nSPS) is 10.8. The van der Waals surface area contributed by atoms with Crippen molar-refractivity contribution >= 4 is 22.8 Å². The van der Waals surface area contributed by atoms with Crippen molar-refractivity contribution in [1.29, 1.82) is 0 Å². The zero-order valence-electron chi connectivity index (χ0n) is 16.3. The SMILES string of the molecule is O=C(NCCCc1nc2ccccc2[nH]1)Nc1cccc(Cn2cccnc2=O)c1. The first-order valence-electron chi connectivity index (χ1n) is 9.76. The molecule has 0 atom stereocenters. The highest BCUT2D eigenvalue weighted by atomic mass is 16.2. The summed E-state index contributed by atoms with van der Waals surface area (Å²) in [5.74, 6) is 0.914. The summed E-state index contributed by atoms with van der Waals surface area (Å²) in [6.45, 7) is 0.926. The van der Waals surface area contributed by atoms with Gasteiger partial charge in [-0.1, -0.05) is 24.3 Å². The molecule has 0 aliphatic heterocycles. The highest BCUT2D eigenvalue weighted by molar-refractivity contribution is 5.89. The highest BCUT2D eigenvalue weighted by Gasteiger charge is 2.05. The van der Waals surface area contributed by atoms with E-state index in [0.29, 0.717) is 18.8 Å². The molecule has 0 bridgehead atoms. The largest absolute Gasteiger partial charge is 0.347 e. The molecule has 3 N–H and O–H groups in total. The smallest absolute Gasteiger partial charge is 0.342 e. The molecule has 4 rings (SSSR count). The summed E-state index contributed by atoms with van der Waals surface area (Å²) in [7, 11) is 0. The molecule has 0 aliphatic rings. The Hall–Kier alpha value is -3.94. The molecule has 30 heavy (non-hydrogen) atoms. The monoisotopic (exact) mass is 402 g/mol. The molecule has 2 aromatic heterocycles. The first kappa shape index (κ1) is 19.4. The van der Waals surface area contributed by atoms with Gasteiger partial charge in [0.1, 0.15) is 5.82 Å². The molecule has 0 aliphatic carbocycles. The fourth-order valence-corrected chi connectivity index (χ4v) is 3.21. The molecule has 0 saturated carbocycles. The van der Waals surface area contributed by atoms with Gasteiger partial charge in [0.15, 0.2) is 0 Å². The number of hydrogen-bond donors (Lipinski definition) is 3. The number of hydrogen-bond acceptors (Lipinski definition) is 4. The van der Waals surface area contributed by atoms with Crippen LogP contribution >= 0.6 is 0 Å². The maximum atomic E-state index is 12.2. The average Bonchev–Trinajstić information content (AvgIpc) is 3.16. The number of para-hydroxylation sites is 2. The van der Waals surface area contributed by atoms with E-state index in [9.17, 15) is 9.59 Å². The summed E-state index contributed by atoms with van der Waals surface area (Å²) in [4.78, 5) is 35.5. The number of aromatic amines is 1. The number of imidazole rings is 1. The lowest BCUT2D eigenvalue weighted by atomic mass is 10.2. The van der Waals surface area contributed by atoms with Gasteiger partial charge in [-0.15, -0.1) is 0 Å². The van der Waals surface area contributed by atoms with E-state index in [1.165, 1.54) is 10.8 Å². The number of fused-ring (bicyclic) bond motifs is 1. The average molecular weight is 402 g/mol. The molecule has 2 aromatic carbocycles. The Labute approximate surface area is 173 Å². The number of nitrogens with zero attached hydrogens (tertiary/aromatic N) is 3. The third-order valence-corrected chi connectivity index (χ3v) is 4.63. The van der Waals surface area contributed by atoms with E-state index in [0.717, 1.165) is 35.3 Å². The van der Waals surface area contributed by atoms with E-state index in [1.54, 1.807) is 12.3 Å². The minimum Gasteiger partial charge on any atom is -0.342 e. The summed E-state index contributed by atoms with van der Waals surface area (Å²) in [6.07, 6.45) is 4.68. The minimum atomic E-state index is -0.307. The van der Waals surface area contributed by atoms with Crippen molar-refractivity contribution in [2.45, 2.75) is 19.4 Å². The number of carbonyl (C=O) groups is 1. The molecule has 0 unspecified atom stereocenters. The van der Waals surface area contributed by atoms with Crippen LogP contribution in [-0.2, 0) is 13.0 Å². The summed E-state index contributed by atoms with van der Waals surface area (Å²) in [6, 6.07) is 16.7. The van der Waals surface area contributed by atoms with Crippen LogP contribution < -0.4 is 16.3 Å². The number of aryl methyl sites for hydroxylation is 1. The Bertz CT molecular complexity index is 1180. The van der Waals surface area contributed by atoms with Gasteiger partial charge < -0.3 is 15.6 Å². The Morgan fingerprint density at radius 1 is 1.10 bits per heavy atom. The Morgan fingerprint density at radius 2 is 2.00 bits per heavy atom. The number of amides is 2. The molecular weight excluding hydrogens is 380 g/mol. The molecule has 0 radical (unpaired) electrons. The lowest BCUT2D eigenvalue weighted by molar-refractivity contribution is 0.252. The number of rotatable bonds is 7. The summed E-state index contributed by atoms with van der Waals surface area (Å²) < 4.78 is 1.51. The van der Waals surface area contributed by atoms with Crippen molar-refractivity contribution in [2.75, 3.05) is 11.9 Å². The lowest BCUT2D eigenvalue weighted by Gasteiger charge is -2.09. The number of benzene rings is 2. The van der Waals surface area contributed by atoms with E-state index in [1.807, 2.05) is 48.5 Å². The van der Waals surface area contributed by atoms with Crippen LogP contribution in [0.25, 0.3) is 11.0 Å². The second-order valence-electron chi connectivity index (χ2n) is 6.92. The van der Waals surface area contributed by atoms with Gasteiger partial charge in [-0.05, 0) is 42.3 Å². The molecule has 8 heteroatoms. The van der Waals surface area contributed by atoms with Gasteiger partial charge in [-0.3, -0.25) is 4.57 Å². The van der Waals surface area contributed by atoms with Crippen molar-refractivity contribution in [2.24, 2.45) is 0 Å². The van der Waals surface area contributed by atoms with Crippen molar-refractivity contribution in [3.8, 4) is 0 Å². The highest BCUT2D eigenvalue weighted by Crippen LogP contribution is 2.12. The third kappa shape index (κ3) is 4.91. The zero-order chi connectivity index (χ0) is 20.8. The quantitative estimate of drug-likeness (QED) is 0.413. The number of carbonyl (C=O) groups excluding carboxylic acids is 1. The van der Waals surface area contributed by atoms with Crippen LogP contribution in [0.4, 0.5) is 10.5 Å². The second kappa shape index (κ2) is 9.04. The van der Waals surface area contributed by atoms with Gasteiger partial charge in [-0.2, -0.15) is 0 Å². The Morgan fingerprint density at radius 3 is 2.87 bits per heavy atom. The molecule has 0 fully saturated rings. The third-order valence-electron chi connectivity index (χ3n) is 4.63. The van der Waals surface area contributed by atoms with E-state index >= 15 is 0 Å². The lowest BCUT2D eigenvalue weighted by Crippen LogP contribution is -2.29. The molecule has 2 amide bonds. The standard InChI is InChI=1S/C22H22N6O2/c29-21(23-11-4-10-20-26-18-8-1-2-9-19(18)27-20)25-17-7-3-6-16(14-17)15-28-13-5-12-24-22(28)30/h1-3,5-9,12-14H,4,10-11,15H2,(H,26,27)(H2,23,25,29). The van der Waals surface area contributed by atoms with Gasteiger partial charge in [0, 0.05) is 31.0 Å². The summed E-state index contributed by atoms with van der Waals surface area (Å²) >= 11 is 0. The fraction of sp³-hybridized carbons (Fsp3) is 0.182. The predicted octanol–water partition coefficient (Wildman–Crippen LogP) is 2.92. The number of aromatic nitrogens is 4. The van der Waals surface area contributed by atoms with Crippen molar-refractivity contribution in [1.82, 2.24) is 24.8 Å². The molecule has 4 aromatic rings. The van der Waals surface area contributed by atoms with E-state index in [4.69, 9.17) is 0 Å². The first-order valence-corrected chi connectivity index (χ1v) is 9.76. The van der Waals surface area contributed by atoms with Gasteiger partial charge in [0.05, 0.1) is 17.6 Å². The zero-order valence-corrected chi connectivity index (χ0v) is 16.3. The van der Waals surface area contributed by atoms with Gasteiger partial charge in [0.2, 0.25) is 0 Å². The fourth-order valence-electron chi connectivity index (χ4n) is 3.21. The van der Waals surface area contributed by atoms with Crippen LogP contribution in [-0.4, -0.2) is 32.1 Å². The van der Waals surface area contributed by atoms with Crippen LogP contribution in [0.5, 0.6) is 0 Å². The first-order chi connectivity index (χ1) is 14.7. The molecular formula is C22H22N6O2. The maximum Gasteiger partial charge on any atom is 0.347 e. The van der Waals surface area contributed by atoms with Crippen LogP contribution in [0.1, 0.15) is 17.8 Å². The number of urea groups is 1. The van der Waals surface area contributed by atoms with Crippen LogP contribution in [0.2, 0.25) is 0 Å². The molecule has 8 nitrogen and oxygen atoms in total. The van der Waals surface area contributed by atoms with Crippen LogP contribution in [0.15, 0.2) is 71.8 Å². The second-order valence-corrected chi connectivity index (χ2v) is 6.92. The number of H-pyrrole nitrogens is 1. The van der Waals surface area contributed by atoms with E-state index in [2.05, 4.69) is 25.6 Å². The van der Waals surface area contributed by atoms with Crippen molar-refractivity contribution in [3.63, 3.8) is 0 Å². The minimum absolute atomic E-state index is 0.268. The molecule has 152 valence electrons.